The number of hydrogen-bond acceptors (Lipinski definition) is 5. The van der Waals surface area contributed by atoms with Crippen LogP contribution < -0.4 is 0 Å². The lowest BCUT2D eigenvalue weighted by Gasteiger charge is -2.19. The van der Waals surface area contributed by atoms with Gasteiger partial charge in [0.1, 0.15) is 0 Å². The molecular weight excluding hydrogens is 186 g/mol. The normalized spacial score (nSPS) is 10.6. The standard InChI is InChI=1S/C9H19NO4/c1-2-14-9(13)3-4-10(5-7-11)6-8-12/h11-12H,2-8H2,1H3. The second-order valence-electron chi connectivity index (χ2n) is 2.84. The summed E-state index contributed by atoms with van der Waals surface area (Å²) in [4.78, 5) is 12.8. The lowest BCUT2D eigenvalue weighted by molar-refractivity contribution is -0.143. The van der Waals surface area contributed by atoms with Gasteiger partial charge in [0.25, 0.3) is 0 Å². The zero-order valence-electron chi connectivity index (χ0n) is 8.61. The third-order valence-corrected chi connectivity index (χ3v) is 1.77. The minimum Gasteiger partial charge on any atom is -0.466 e. The van der Waals surface area contributed by atoms with Crippen LogP contribution in [0.4, 0.5) is 0 Å². The number of carbonyl (C=O) groups excluding carboxylic acids is 1. The summed E-state index contributed by atoms with van der Waals surface area (Å²) in [6.45, 7) is 3.67. The highest BCUT2D eigenvalue weighted by molar-refractivity contribution is 5.69. The van der Waals surface area contributed by atoms with E-state index in [-0.39, 0.29) is 19.2 Å². The van der Waals surface area contributed by atoms with Crippen molar-refractivity contribution in [2.75, 3.05) is 39.5 Å². The molecule has 14 heavy (non-hydrogen) atoms. The first-order valence-corrected chi connectivity index (χ1v) is 4.84. The topological polar surface area (TPSA) is 70.0 Å². The van der Waals surface area contributed by atoms with Crippen molar-refractivity contribution in [1.29, 1.82) is 0 Å². The van der Waals surface area contributed by atoms with Gasteiger partial charge in [-0.2, -0.15) is 0 Å². The molecule has 0 fully saturated rings. The molecule has 0 aromatic heterocycles. The Morgan fingerprint density at radius 2 is 1.79 bits per heavy atom. The average Bonchev–Trinajstić information content (AvgIpc) is 2.15. The lowest BCUT2D eigenvalue weighted by atomic mass is 10.3. The molecule has 0 unspecified atom stereocenters. The monoisotopic (exact) mass is 205 g/mol. The van der Waals surface area contributed by atoms with Gasteiger partial charge in [-0.1, -0.05) is 0 Å². The maximum atomic E-state index is 11.0. The third-order valence-electron chi connectivity index (χ3n) is 1.77. The Bertz CT molecular complexity index is 146. The summed E-state index contributed by atoms with van der Waals surface area (Å²) in [6, 6.07) is 0. The molecule has 2 N–H and O–H groups in total. The highest BCUT2D eigenvalue weighted by Gasteiger charge is 2.07. The Labute approximate surface area is 84.3 Å². The van der Waals surface area contributed by atoms with Crippen molar-refractivity contribution in [1.82, 2.24) is 4.90 Å². The van der Waals surface area contributed by atoms with Crippen LogP contribution in [0.2, 0.25) is 0 Å². The van der Waals surface area contributed by atoms with Crippen molar-refractivity contribution in [3.63, 3.8) is 0 Å². The SMILES string of the molecule is CCOC(=O)CCN(CCO)CCO. The summed E-state index contributed by atoms with van der Waals surface area (Å²) in [5.41, 5.74) is 0. The Balaban J connectivity index is 3.63. The molecular formula is C9H19NO4. The highest BCUT2D eigenvalue weighted by Crippen LogP contribution is 1.93. The van der Waals surface area contributed by atoms with E-state index in [1.54, 1.807) is 6.92 Å². The summed E-state index contributed by atoms with van der Waals surface area (Å²) in [7, 11) is 0. The molecule has 0 atom stereocenters. The molecule has 0 saturated carbocycles. The second kappa shape index (κ2) is 8.93. The maximum Gasteiger partial charge on any atom is 0.307 e. The van der Waals surface area contributed by atoms with Crippen molar-refractivity contribution in [2.24, 2.45) is 0 Å². The molecule has 0 aromatic rings. The van der Waals surface area contributed by atoms with Crippen molar-refractivity contribution in [3.05, 3.63) is 0 Å². The van der Waals surface area contributed by atoms with Crippen LogP contribution in [0.15, 0.2) is 0 Å². The molecule has 0 aliphatic rings. The van der Waals surface area contributed by atoms with Gasteiger partial charge in [0.05, 0.1) is 26.2 Å². The number of aliphatic hydroxyl groups is 2. The van der Waals surface area contributed by atoms with Crippen LogP contribution >= 0.6 is 0 Å². The molecule has 0 aliphatic carbocycles. The minimum absolute atomic E-state index is 0.0306. The zero-order chi connectivity index (χ0) is 10.8. The molecule has 0 amide bonds. The van der Waals surface area contributed by atoms with Crippen LogP contribution in [-0.4, -0.2) is 60.5 Å². The van der Waals surface area contributed by atoms with E-state index in [9.17, 15) is 4.79 Å². The van der Waals surface area contributed by atoms with E-state index in [1.807, 2.05) is 4.90 Å². The van der Waals surface area contributed by atoms with Crippen molar-refractivity contribution < 1.29 is 19.7 Å². The van der Waals surface area contributed by atoms with Gasteiger partial charge in [0.15, 0.2) is 0 Å². The van der Waals surface area contributed by atoms with Gasteiger partial charge in [-0.05, 0) is 6.92 Å². The van der Waals surface area contributed by atoms with Gasteiger partial charge in [-0.15, -0.1) is 0 Å². The summed E-state index contributed by atoms with van der Waals surface area (Å²) >= 11 is 0. The second-order valence-corrected chi connectivity index (χ2v) is 2.84. The van der Waals surface area contributed by atoms with Crippen LogP contribution in [-0.2, 0) is 9.53 Å². The molecule has 0 aromatic carbocycles. The molecule has 0 heterocycles. The molecule has 0 bridgehead atoms. The van der Waals surface area contributed by atoms with Crippen molar-refractivity contribution >= 4 is 5.97 Å². The average molecular weight is 205 g/mol. The van der Waals surface area contributed by atoms with Gasteiger partial charge in [0.2, 0.25) is 0 Å². The fourth-order valence-electron chi connectivity index (χ4n) is 1.10. The van der Waals surface area contributed by atoms with Gasteiger partial charge < -0.3 is 14.9 Å². The Hall–Kier alpha value is -0.650. The number of esters is 1. The highest BCUT2D eigenvalue weighted by atomic mass is 16.5. The van der Waals surface area contributed by atoms with Crippen molar-refractivity contribution in [2.45, 2.75) is 13.3 Å². The number of ether oxygens (including phenoxy) is 1. The number of carbonyl (C=O) groups is 1. The minimum atomic E-state index is -0.242. The molecule has 0 spiro atoms. The molecule has 0 rings (SSSR count). The van der Waals surface area contributed by atoms with E-state index < -0.39 is 0 Å². The Morgan fingerprint density at radius 3 is 2.21 bits per heavy atom. The van der Waals surface area contributed by atoms with Crippen LogP contribution in [0.25, 0.3) is 0 Å². The Morgan fingerprint density at radius 1 is 1.21 bits per heavy atom. The zero-order valence-corrected chi connectivity index (χ0v) is 8.61. The van der Waals surface area contributed by atoms with E-state index in [4.69, 9.17) is 14.9 Å². The van der Waals surface area contributed by atoms with E-state index in [0.717, 1.165) is 0 Å². The molecule has 0 aliphatic heterocycles. The van der Waals surface area contributed by atoms with Gasteiger partial charge >= 0.3 is 5.97 Å². The summed E-state index contributed by atoms with van der Waals surface area (Å²) in [5.74, 6) is -0.242. The van der Waals surface area contributed by atoms with E-state index >= 15 is 0 Å². The Kier molecular flexibility index (Phi) is 8.51. The predicted octanol–water partition coefficient (Wildman–Crippen LogP) is -0.774. The third kappa shape index (κ3) is 6.82. The van der Waals surface area contributed by atoms with Gasteiger partial charge in [-0.3, -0.25) is 9.69 Å². The summed E-state index contributed by atoms with van der Waals surface area (Å²) in [5, 5.41) is 17.4. The quantitative estimate of drug-likeness (QED) is 0.509. The first-order valence-electron chi connectivity index (χ1n) is 4.84. The maximum absolute atomic E-state index is 11.0. The first-order chi connectivity index (χ1) is 6.74. The molecule has 5 nitrogen and oxygen atoms in total. The van der Waals surface area contributed by atoms with Crippen LogP contribution in [0.5, 0.6) is 0 Å². The fraction of sp³-hybridized carbons (Fsp3) is 0.889. The summed E-state index contributed by atoms with van der Waals surface area (Å²) < 4.78 is 4.76. The predicted molar refractivity (Wildman–Crippen MR) is 51.9 cm³/mol. The number of hydrogen-bond donors (Lipinski definition) is 2. The van der Waals surface area contributed by atoms with Crippen LogP contribution in [0.1, 0.15) is 13.3 Å². The van der Waals surface area contributed by atoms with E-state index in [1.165, 1.54) is 0 Å². The molecule has 0 saturated heterocycles. The number of nitrogens with zero attached hydrogens (tertiary/aromatic N) is 1. The van der Waals surface area contributed by atoms with E-state index in [0.29, 0.717) is 32.7 Å². The van der Waals surface area contributed by atoms with Gasteiger partial charge in [-0.25, -0.2) is 0 Å². The van der Waals surface area contributed by atoms with Crippen LogP contribution in [0.3, 0.4) is 0 Å². The largest absolute Gasteiger partial charge is 0.466 e. The molecule has 0 radical (unpaired) electrons. The van der Waals surface area contributed by atoms with E-state index in [2.05, 4.69) is 0 Å². The molecule has 5 heteroatoms. The van der Waals surface area contributed by atoms with Crippen molar-refractivity contribution in [3.8, 4) is 0 Å². The smallest absolute Gasteiger partial charge is 0.307 e. The summed E-state index contributed by atoms with van der Waals surface area (Å²) in [6.07, 6.45) is 0.299. The first kappa shape index (κ1) is 13.4. The van der Waals surface area contributed by atoms with Crippen LogP contribution in [0, 0.1) is 0 Å². The lowest BCUT2D eigenvalue weighted by Crippen LogP contribution is -2.32. The molecule has 84 valence electrons. The fourth-order valence-corrected chi connectivity index (χ4v) is 1.10. The number of rotatable bonds is 8. The van der Waals surface area contributed by atoms with Gasteiger partial charge in [0, 0.05) is 19.6 Å². The number of aliphatic hydroxyl groups excluding tert-OH is 2.